The highest BCUT2D eigenvalue weighted by molar-refractivity contribution is 6.01. The van der Waals surface area contributed by atoms with Crippen molar-refractivity contribution in [1.29, 1.82) is 5.41 Å². The maximum atomic E-state index is 14.7. The number of carbonyl (C=O) groups is 1. The number of piperazine rings is 1. The van der Waals surface area contributed by atoms with E-state index in [-0.39, 0.29) is 22.7 Å². The number of anilines is 1. The molecule has 1 N–H and O–H groups in total. The van der Waals surface area contributed by atoms with Crippen LogP contribution in [0.5, 0.6) is 5.75 Å². The largest absolute Gasteiger partial charge is 0.494 e. The van der Waals surface area contributed by atoms with Gasteiger partial charge in [0, 0.05) is 61.4 Å². The fourth-order valence-electron chi connectivity index (χ4n) is 5.40. The van der Waals surface area contributed by atoms with Gasteiger partial charge in [0.2, 0.25) is 0 Å². The van der Waals surface area contributed by atoms with E-state index >= 15 is 0 Å². The lowest BCUT2D eigenvalue weighted by atomic mass is 9.84. The monoisotopic (exact) mass is 645 g/mol. The lowest BCUT2D eigenvalue weighted by molar-refractivity contribution is -0.312. The summed E-state index contributed by atoms with van der Waals surface area (Å²) in [6, 6.07) is 3.99. The molecule has 1 aromatic carbocycles. The molecule has 0 bridgehead atoms. The van der Waals surface area contributed by atoms with Crippen LogP contribution in [0, 0.1) is 5.41 Å². The van der Waals surface area contributed by atoms with Gasteiger partial charge in [-0.15, -0.1) is 0 Å². The normalized spacial score (nSPS) is 16.0. The molecule has 0 atom stereocenters. The van der Waals surface area contributed by atoms with Gasteiger partial charge >= 0.3 is 0 Å². The fraction of sp³-hybridized carbons (Fsp3) is 0.611. The highest BCUT2D eigenvalue weighted by Gasteiger charge is 2.28. The summed E-state index contributed by atoms with van der Waals surface area (Å²) in [5, 5.41) is 7.78. The van der Waals surface area contributed by atoms with E-state index in [2.05, 4.69) is 30.6 Å². The van der Waals surface area contributed by atoms with E-state index in [1.54, 1.807) is 21.0 Å². The number of ketones is 1. The molecule has 3 rings (SSSR count). The summed E-state index contributed by atoms with van der Waals surface area (Å²) in [5.41, 5.74) is 4.10. The standard InChI is InChI=1S/C21H34N2O4.C15H22FNO2/c1-7-19(24)16-13-17(21(3,4)5)20(25-6)18(14-16)23-11-9-22(10-12-23)15-27-26-8-2;1-5-11-8-9-12(18-6-2)15(19-7-3)14(16)13(11)10(4)17/h13-14H,7-12,15H2,1-6H3;8,17H,5-7,9H2,1-4H3. The van der Waals surface area contributed by atoms with Gasteiger partial charge in [0.25, 0.3) is 0 Å². The van der Waals surface area contributed by atoms with E-state index in [1.165, 1.54) is 0 Å². The second-order valence-corrected chi connectivity index (χ2v) is 12.1. The third kappa shape index (κ3) is 10.4. The first-order chi connectivity index (χ1) is 21.9. The zero-order valence-electron chi connectivity index (χ0n) is 29.7. The van der Waals surface area contributed by atoms with Crippen molar-refractivity contribution < 1.29 is 33.2 Å². The zero-order valence-corrected chi connectivity index (χ0v) is 29.7. The molecular formula is C36H56FN3O6. The number of benzene rings is 1. The van der Waals surface area contributed by atoms with Crippen molar-refractivity contribution in [2.75, 3.05) is 64.7 Å². The summed E-state index contributed by atoms with van der Waals surface area (Å²) in [6.45, 7) is 22.7. The number of nitrogens with one attached hydrogen (secondary N) is 1. The number of rotatable bonds is 14. The van der Waals surface area contributed by atoms with Crippen LogP contribution in [0.3, 0.4) is 0 Å². The number of allylic oxidation sites excluding steroid dienone is 4. The molecule has 46 heavy (non-hydrogen) atoms. The predicted molar refractivity (Wildman–Crippen MR) is 182 cm³/mol. The highest BCUT2D eigenvalue weighted by Crippen LogP contribution is 2.41. The van der Waals surface area contributed by atoms with Gasteiger partial charge in [0.15, 0.2) is 17.4 Å². The van der Waals surface area contributed by atoms with E-state index in [1.807, 2.05) is 45.9 Å². The first kappa shape index (κ1) is 39.0. The van der Waals surface area contributed by atoms with Crippen LogP contribution in [0.25, 0.3) is 0 Å². The van der Waals surface area contributed by atoms with E-state index < -0.39 is 5.83 Å². The van der Waals surface area contributed by atoms with Crippen LogP contribution < -0.4 is 9.64 Å². The molecule has 1 aromatic rings. The molecule has 1 heterocycles. The smallest absolute Gasteiger partial charge is 0.193 e. The molecule has 0 saturated carbocycles. The molecule has 1 saturated heterocycles. The van der Waals surface area contributed by atoms with Gasteiger partial charge < -0.3 is 24.5 Å². The highest BCUT2D eigenvalue weighted by atomic mass is 19.1. The van der Waals surface area contributed by atoms with Crippen LogP contribution in [-0.2, 0) is 24.7 Å². The zero-order chi connectivity index (χ0) is 34.4. The lowest BCUT2D eigenvalue weighted by Crippen LogP contribution is -2.47. The third-order valence-corrected chi connectivity index (χ3v) is 7.76. The van der Waals surface area contributed by atoms with Gasteiger partial charge in [-0.1, -0.05) is 40.7 Å². The average molecular weight is 646 g/mol. The molecule has 1 aliphatic heterocycles. The molecular weight excluding hydrogens is 589 g/mol. The van der Waals surface area contributed by atoms with E-state index in [0.29, 0.717) is 57.1 Å². The number of nitrogens with zero attached hydrogens (tertiary/aromatic N) is 2. The molecule has 1 aliphatic carbocycles. The van der Waals surface area contributed by atoms with Gasteiger partial charge in [-0.3, -0.25) is 9.69 Å². The van der Waals surface area contributed by atoms with E-state index in [9.17, 15) is 9.18 Å². The van der Waals surface area contributed by atoms with Crippen molar-refractivity contribution in [2.45, 2.75) is 87.0 Å². The summed E-state index contributed by atoms with van der Waals surface area (Å²) in [4.78, 5) is 27.1. The lowest BCUT2D eigenvalue weighted by Gasteiger charge is -2.37. The number of carbonyl (C=O) groups excluding carboxylic acids is 1. The van der Waals surface area contributed by atoms with Gasteiger partial charge in [-0.2, -0.15) is 0 Å². The SMILES string of the molecule is CCOC1=C(OCC)C(F)=C(C(C)=N)C(CC)=CC1.CCOOCN1CCN(c2cc(C(=O)CC)cc(C(C)(C)C)c2OC)CC1. The second kappa shape index (κ2) is 18.8. The van der Waals surface area contributed by atoms with Gasteiger partial charge in [0.1, 0.15) is 18.2 Å². The summed E-state index contributed by atoms with van der Waals surface area (Å²) in [6.07, 6.45) is 3.59. The summed E-state index contributed by atoms with van der Waals surface area (Å²) in [5.74, 6) is 1.19. The number of hydrogen-bond acceptors (Lipinski definition) is 9. The molecule has 0 unspecified atom stereocenters. The minimum Gasteiger partial charge on any atom is -0.494 e. The quantitative estimate of drug-likeness (QED) is 0.0718. The molecule has 9 nitrogen and oxygen atoms in total. The Labute approximate surface area is 275 Å². The average Bonchev–Trinajstić information content (AvgIpc) is 3.16. The van der Waals surface area contributed by atoms with E-state index in [0.717, 1.165) is 54.3 Å². The topological polar surface area (TPSA) is 93.5 Å². The van der Waals surface area contributed by atoms with Crippen LogP contribution in [0.15, 0.2) is 46.7 Å². The maximum absolute atomic E-state index is 14.7. The summed E-state index contributed by atoms with van der Waals surface area (Å²) < 4.78 is 31.4. The Kier molecular flexibility index (Phi) is 15.9. The molecule has 10 heteroatoms. The van der Waals surface area contributed by atoms with Gasteiger partial charge in [-0.25, -0.2) is 14.2 Å². The van der Waals surface area contributed by atoms with Crippen molar-refractivity contribution in [3.8, 4) is 5.75 Å². The van der Waals surface area contributed by atoms with Crippen LogP contribution >= 0.6 is 0 Å². The Morgan fingerprint density at radius 3 is 2.11 bits per heavy atom. The van der Waals surface area contributed by atoms with Crippen LogP contribution in [0.1, 0.15) is 97.5 Å². The van der Waals surface area contributed by atoms with Crippen molar-refractivity contribution in [1.82, 2.24) is 4.90 Å². The fourth-order valence-corrected chi connectivity index (χ4v) is 5.40. The Morgan fingerprint density at radius 2 is 1.61 bits per heavy atom. The van der Waals surface area contributed by atoms with Gasteiger partial charge in [0.05, 0.1) is 32.6 Å². The number of halogens is 1. The first-order valence-electron chi connectivity index (χ1n) is 16.5. The maximum Gasteiger partial charge on any atom is 0.193 e. The molecule has 0 aromatic heterocycles. The predicted octanol–water partition coefficient (Wildman–Crippen LogP) is 7.91. The summed E-state index contributed by atoms with van der Waals surface area (Å²) >= 11 is 0. The van der Waals surface area contributed by atoms with Crippen molar-refractivity contribution >= 4 is 17.2 Å². The van der Waals surface area contributed by atoms with Crippen molar-refractivity contribution in [3.05, 3.63) is 57.8 Å². The Bertz CT molecular complexity index is 1270. The first-order valence-corrected chi connectivity index (χ1v) is 16.5. The molecule has 1 fully saturated rings. The van der Waals surface area contributed by atoms with E-state index in [4.69, 9.17) is 29.4 Å². The van der Waals surface area contributed by atoms with Crippen LogP contribution in [0.2, 0.25) is 0 Å². The second-order valence-electron chi connectivity index (χ2n) is 12.1. The number of hydrogen-bond donors (Lipinski definition) is 1. The number of ether oxygens (including phenoxy) is 3. The Balaban J connectivity index is 0.000000341. The molecule has 0 radical (unpaired) electrons. The number of Topliss-reactive ketones (excluding diaryl/α,β-unsaturated/α-hetero) is 1. The van der Waals surface area contributed by atoms with Crippen LogP contribution in [-0.4, -0.2) is 76.2 Å². The third-order valence-electron chi connectivity index (χ3n) is 7.76. The summed E-state index contributed by atoms with van der Waals surface area (Å²) in [7, 11) is 1.71. The Hall–Kier alpha value is -3.21. The molecule has 0 amide bonds. The minimum absolute atomic E-state index is 0.114. The molecule has 0 spiro atoms. The molecule has 258 valence electrons. The van der Waals surface area contributed by atoms with Crippen molar-refractivity contribution in [3.63, 3.8) is 0 Å². The Morgan fingerprint density at radius 1 is 0.957 bits per heavy atom. The minimum atomic E-state index is -0.483. The van der Waals surface area contributed by atoms with Crippen LogP contribution in [0.4, 0.5) is 10.1 Å². The number of methoxy groups -OCH3 is 1. The van der Waals surface area contributed by atoms with Gasteiger partial charge in [-0.05, 0) is 57.2 Å². The van der Waals surface area contributed by atoms with Crippen molar-refractivity contribution in [2.24, 2.45) is 0 Å². The molecule has 2 aliphatic rings.